The average Bonchev–Trinajstić information content (AvgIpc) is 2.76. The predicted molar refractivity (Wildman–Crippen MR) is 131 cm³/mol. The molecule has 2 aromatic carbocycles. The summed E-state index contributed by atoms with van der Waals surface area (Å²) in [5.74, 6) is 0.615. The van der Waals surface area contributed by atoms with Crippen LogP contribution in [0.4, 0.5) is 0 Å². The van der Waals surface area contributed by atoms with Gasteiger partial charge in [0.15, 0.2) is 18.1 Å². The minimum Gasteiger partial charge on any atom is -0.493 e. The molecule has 0 saturated heterocycles. The Morgan fingerprint density at radius 1 is 1.25 bits per heavy atom. The zero-order valence-electron chi connectivity index (χ0n) is 17.6. The highest BCUT2D eigenvalue weighted by atomic mass is 79.9. The molecule has 0 fully saturated rings. The number of amides is 1. The molecule has 8 nitrogen and oxygen atoms in total. The van der Waals surface area contributed by atoms with E-state index in [4.69, 9.17) is 15.2 Å². The largest absolute Gasteiger partial charge is 0.493 e. The summed E-state index contributed by atoms with van der Waals surface area (Å²) in [5.41, 5.74) is 6.06. The van der Waals surface area contributed by atoms with Gasteiger partial charge in [-0.2, -0.15) is 9.78 Å². The maximum Gasteiger partial charge on any atom is 0.282 e. The predicted octanol–water partition coefficient (Wildman–Crippen LogP) is 4.02. The molecule has 0 aliphatic rings. The van der Waals surface area contributed by atoms with E-state index < -0.39 is 5.91 Å². The Morgan fingerprint density at radius 2 is 2.03 bits per heavy atom. The van der Waals surface area contributed by atoms with Crippen LogP contribution >= 0.6 is 31.9 Å². The zero-order chi connectivity index (χ0) is 23.3. The van der Waals surface area contributed by atoms with Gasteiger partial charge < -0.3 is 15.2 Å². The number of fused-ring (bicyclic) bond motifs is 1. The van der Waals surface area contributed by atoms with Gasteiger partial charge in [0.1, 0.15) is 5.82 Å². The Labute approximate surface area is 201 Å². The van der Waals surface area contributed by atoms with Crippen LogP contribution in [0.1, 0.15) is 31.2 Å². The van der Waals surface area contributed by atoms with Crippen molar-refractivity contribution in [3.05, 3.63) is 61.0 Å². The van der Waals surface area contributed by atoms with Gasteiger partial charge in [-0.15, -0.1) is 0 Å². The number of unbranched alkanes of at least 4 members (excludes halogenated alkanes) is 1. The van der Waals surface area contributed by atoms with Crippen molar-refractivity contribution in [2.75, 3.05) is 13.7 Å². The van der Waals surface area contributed by atoms with Crippen molar-refractivity contribution in [2.24, 2.45) is 10.8 Å². The molecule has 0 aliphatic heterocycles. The van der Waals surface area contributed by atoms with Gasteiger partial charge in [0.25, 0.3) is 11.5 Å². The van der Waals surface area contributed by atoms with Gasteiger partial charge in [-0.1, -0.05) is 45.2 Å². The van der Waals surface area contributed by atoms with Crippen molar-refractivity contribution in [3.8, 4) is 11.5 Å². The van der Waals surface area contributed by atoms with Crippen molar-refractivity contribution in [1.29, 1.82) is 0 Å². The van der Waals surface area contributed by atoms with Crippen LogP contribution in [0, 0.1) is 0 Å². The van der Waals surface area contributed by atoms with E-state index in [1.807, 2.05) is 6.07 Å². The molecule has 1 heterocycles. The number of ether oxygens (including phenoxy) is 2. The minimum atomic E-state index is -0.625. The number of hydrogen-bond acceptors (Lipinski definition) is 6. The number of carbonyl (C=O) groups excluding carboxylic acids is 1. The number of primary amides is 1. The first-order valence-corrected chi connectivity index (χ1v) is 11.5. The summed E-state index contributed by atoms with van der Waals surface area (Å²) < 4.78 is 13.7. The second-order valence-corrected chi connectivity index (χ2v) is 8.77. The lowest BCUT2D eigenvalue weighted by molar-refractivity contribution is -0.119. The zero-order valence-corrected chi connectivity index (χ0v) is 20.8. The second-order valence-electron chi connectivity index (χ2n) is 6.94. The quantitative estimate of drug-likeness (QED) is 0.394. The first-order chi connectivity index (χ1) is 15.3. The van der Waals surface area contributed by atoms with Crippen molar-refractivity contribution in [3.63, 3.8) is 0 Å². The summed E-state index contributed by atoms with van der Waals surface area (Å²) in [6.07, 6.45) is 3.89. The Bertz CT molecular complexity index is 1240. The van der Waals surface area contributed by atoms with Crippen LogP contribution < -0.4 is 20.8 Å². The third-order valence-electron chi connectivity index (χ3n) is 4.57. The summed E-state index contributed by atoms with van der Waals surface area (Å²) in [6, 6.07) is 8.82. The molecule has 0 unspecified atom stereocenters. The molecule has 3 aromatic rings. The van der Waals surface area contributed by atoms with E-state index in [2.05, 4.69) is 48.9 Å². The van der Waals surface area contributed by atoms with E-state index in [1.165, 1.54) is 18.0 Å². The number of hydrogen-bond donors (Lipinski definition) is 1. The van der Waals surface area contributed by atoms with Crippen LogP contribution in [0.5, 0.6) is 11.5 Å². The Balaban J connectivity index is 2.15. The molecule has 0 saturated carbocycles. The van der Waals surface area contributed by atoms with Crippen molar-refractivity contribution in [2.45, 2.75) is 26.2 Å². The highest BCUT2D eigenvalue weighted by molar-refractivity contribution is 9.10. The normalized spacial score (nSPS) is 11.2. The fraction of sp³-hybridized carbons (Fsp3) is 0.273. The average molecular weight is 566 g/mol. The molecule has 0 atom stereocenters. The third kappa shape index (κ3) is 5.55. The maximum atomic E-state index is 13.2. The van der Waals surface area contributed by atoms with Gasteiger partial charge in [0.05, 0.1) is 24.2 Å². The number of aromatic nitrogens is 2. The molecule has 0 spiro atoms. The summed E-state index contributed by atoms with van der Waals surface area (Å²) >= 11 is 6.82. The topological polar surface area (TPSA) is 109 Å². The van der Waals surface area contributed by atoms with Gasteiger partial charge in [0, 0.05) is 20.9 Å². The van der Waals surface area contributed by atoms with Gasteiger partial charge in [-0.25, -0.2) is 4.98 Å². The standard InChI is InChI=1S/C22H22Br2N4O4/c1-3-4-5-20-27-17-7-6-14(23)9-16(17)22(30)28(20)26-11-13-8-15(24)10-18(31-2)21(13)32-12-19(25)29/h6-11H,3-5,12H2,1-2H3,(H2,25,29). The molecular formula is C22H22Br2N4O4. The van der Waals surface area contributed by atoms with Crippen molar-refractivity contribution in [1.82, 2.24) is 9.66 Å². The molecule has 0 bridgehead atoms. The van der Waals surface area contributed by atoms with Crippen LogP contribution in [0.25, 0.3) is 10.9 Å². The SMILES string of the molecule is CCCCc1nc2ccc(Br)cc2c(=O)n1N=Cc1cc(Br)cc(OC)c1OCC(N)=O. The molecule has 3 rings (SSSR count). The molecule has 2 N–H and O–H groups in total. The molecule has 1 aromatic heterocycles. The van der Waals surface area contributed by atoms with Crippen molar-refractivity contribution >= 4 is 54.9 Å². The number of nitrogens with zero attached hydrogens (tertiary/aromatic N) is 3. The molecule has 0 radical (unpaired) electrons. The fourth-order valence-corrected chi connectivity index (χ4v) is 3.88. The fourth-order valence-electron chi connectivity index (χ4n) is 3.06. The summed E-state index contributed by atoms with van der Waals surface area (Å²) in [7, 11) is 1.48. The number of carbonyl (C=O) groups is 1. The number of benzene rings is 2. The first-order valence-electron chi connectivity index (χ1n) is 9.88. The highest BCUT2D eigenvalue weighted by Crippen LogP contribution is 2.34. The van der Waals surface area contributed by atoms with Gasteiger partial charge >= 0.3 is 0 Å². The highest BCUT2D eigenvalue weighted by Gasteiger charge is 2.15. The van der Waals surface area contributed by atoms with Crippen LogP contribution in [0.15, 0.2) is 49.2 Å². The van der Waals surface area contributed by atoms with Crippen LogP contribution in [-0.4, -0.2) is 35.5 Å². The molecule has 1 amide bonds. The number of rotatable bonds is 9. The summed E-state index contributed by atoms with van der Waals surface area (Å²) in [6.45, 7) is 1.74. The number of halogens is 2. The molecule has 168 valence electrons. The number of aryl methyl sites for hydroxylation is 1. The van der Waals surface area contributed by atoms with E-state index in [0.717, 1.165) is 17.3 Å². The Hall–Kier alpha value is -2.72. The third-order valence-corrected chi connectivity index (χ3v) is 5.52. The van der Waals surface area contributed by atoms with Gasteiger partial charge in [0.2, 0.25) is 0 Å². The van der Waals surface area contributed by atoms with E-state index in [9.17, 15) is 9.59 Å². The van der Waals surface area contributed by atoms with Crippen molar-refractivity contribution < 1.29 is 14.3 Å². The van der Waals surface area contributed by atoms with E-state index in [0.29, 0.717) is 38.9 Å². The molecule has 32 heavy (non-hydrogen) atoms. The van der Waals surface area contributed by atoms with E-state index in [1.54, 1.807) is 24.3 Å². The lowest BCUT2D eigenvalue weighted by atomic mass is 10.2. The number of nitrogens with two attached hydrogens (primary N) is 1. The minimum absolute atomic E-state index is 0.278. The molecular weight excluding hydrogens is 544 g/mol. The second kappa shape index (κ2) is 10.7. The Morgan fingerprint density at radius 3 is 2.72 bits per heavy atom. The van der Waals surface area contributed by atoms with Gasteiger partial charge in [-0.3, -0.25) is 9.59 Å². The summed E-state index contributed by atoms with van der Waals surface area (Å²) in [5, 5.41) is 4.89. The lowest BCUT2D eigenvalue weighted by Gasteiger charge is -2.13. The van der Waals surface area contributed by atoms with Crippen LogP contribution in [-0.2, 0) is 11.2 Å². The van der Waals surface area contributed by atoms with Gasteiger partial charge in [-0.05, 0) is 36.8 Å². The maximum absolute atomic E-state index is 13.2. The smallest absolute Gasteiger partial charge is 0.282 e. The molecule has 0 aliphatic carbocycles. The number of methoxy groups -OCH3 is 1. The lowest BCUT2D eigenvalue weighted by Crippen LogP contribution is -2.23. The van der Waals surface area contributed by atoms with E-state index >= 15 is 0 Å². The summed E-state index contributed by atoms with van der Waals surface area (Å²) in [4.78, 5) is 29.1. The first kappa shape index (κ1) is 23.9. The van der Waals surface area contributed by atoms with E-state index in [-0.39, 0.29) is 17.9 Å². The Kier molecular flexibility index (Phi) is 8.03. The molecule has 10 heteroatoms. The van der Waals surface area contributed by atoms with Crippen LogP contribution in [0.3, 0.4) is 0 Å². The monoisotopic (exact) mass is 564 g/mol. The van der Waals surface area contributed by atoms with Crippen LogP contribution in [0.2, 0.25) is 0 Å².